The van der Waals surface area contributed by atoms with Gasteiger partial charge in [-0.3, -0.25) is 14.3 Å². The maximum atomic E-state index is 13.5. The van der Waals surface area contributed by atoms with Crippen molar-refractivity contribution < 1.29 is 9.59 Å². The third-order valence-corrected chi connectivity index (χ3v) is 5.51. The third kappa shape index (κ3) is 3.77. The quantitative estimate of drug-likeness (QED) is 0.822. The number of anilines is 2. The van der Waals surface area contributed by atoms with Crippen molar-refractivity contribution in [1.82, 2.24) is 15.1 Å². The highest BCUT2D eigenvalue weighted by atomic mass is 35.5. The van der Waals surface area contributed by atoms with Gasteiger partial charge < -0.3 is 15.5 Å². The van der Waals surface area contributed by atoms with Gasteiger partial charge in [-0.05, 0) is 36.1 Å². The van der Waals surface area contributed by atoms with Gasteiger partial charge in [0.1, 0.15) is 0 Å². The highest BCUT2D eigenvalue weighted by Crippen LogP contribution is 2.36. The number of aryl methyl sites for hydroxylation is 1. The fraction of sp³-hybridized carbons (Fsp3) is 0.450. The Balaban J connectivity index is 0.00000225. The number of carbonyl (C=O) groups is 2. The maximum Gasteiger partial charge on any atom is 0.232 e. The molecular formula is C20H26ClN5O2. The molecule has 2 atom stereocenters. The van der Waals surface area contributed by atoms with E-state index in [4.69, 9.17) is 0 Å². The van der Waals surface area contributed by atoms with Crippen molar-refractivity contribution in [3.8, 4) is 0 Å². The van der Waals surface area contributed by atoms with Crippen LogP contribution in [0.5, 0.6) is 0 Å². The van der Waals surface area contributed by atoms with Gasteiger partial charge in [0.05, 0.1) is 12.1 Å². The maximum absolute atomic E-state index is 13.5. The first-order valence-electron chi connectivity index (χ1n) is 9.44. The molecule has 0 bridgehead atoms. The third-order valence-electron chi connectivity index (χ3n) is 5.51. The molecule has 0 unspecified atom stereocenters. The minimum atomic E-state index is -0.107. The summed E-state index contributed by atoms with van der Waals surface area (Å²) in [6.07, 6.45) is 5.62. The average Bonchev–Trinajstić information content (AvgIpc) is 3.29. The first-order valence-corrected chi connectivity index (χ1v) is 9.44. The Kier molecular flexibility index (Phi) is 6.05. The number of aromatic nitrogens is 2. The van der Waals surface area contributed by atoms with Crippen LogP contribution in [0.25, 0.3) is 0 Å². The largest absolute Gasteiger partial charge is 0.326 e. The van der Waals surface area contributed by atoms with E-state index in [-0.39, 0.29) is 36.1 Å². The van der Waals surface area contributed by atoms with Crippen LogP contribution in [0.1, 0.15) is 30.4 Å². The highest BCUT2D eigenvalue weighted by Gasteiger charge is 2.38. The lowest BCUT2D eigenvalue weighted by atomic mass is 9.88. The molecule has 3 heterocycles. The zero-order valence-corrected chi connectivity index (χ0v) is 17.0. The zero-order valence-electron chi connectivity index (χ0n) is 16.1. The number of nitrogens with zero attached hydrogens (tertiary/aromatic N) is 3. The van der Waals surface area contributed by atoms with Crippen LogP contribution in [0.15, 0.2) is 30.6 Å². The van der Waals surface area contributed by atoms with E-state index < -0.39 is 0 Å². The summed E-state index contributed by atoms with van der Waals surface area (Å²) in [5, 5.41) is 10.5. The summed E-state index contributed by atoms with van der Waals surface area (Å²) in [6.45, 7) is 3.68. The lowest BCUT2D eigenvalue weighted by molar-refractivity contribution is -0.122. The molecule has 2 amide bonds. The summed E-state index contributed by atoms with van der Waals surface area (Å²) in [7, 11) is 1.90. The molecule has 2 N–H and O–H groups in total. The standard InChI is InChI=1S/C20H25N5O2.ClH/c1-13(26)23-18-6-3-7-19-15(18)5-4-8-25(19)20(27)17-11-21-10-16(17)14-9-22-24(2)12-14;/h3,6-7,9,12,16-17,21H,4-5,8,10-11H2,1-2H3,(H,23,26);1H/t16-,17+;/m1./s1. The van der Waals surface area contributed by atoms with Gasteiger partial charge in [-0.2, -0.15) is 5.10 Å². The van der Waals surface area contributed by atoms with Gasteiger partial charge >= 0.3 is 0 Å². The molecular weight excluding hydrogens is 378 g/mol. The Morgan fingerprint density at radius 2 is 2.11 bits per heavy atom. The summed E-state index contributed by atoms with van der Waals surface area (Å²) >= 11 is 0. The van der Waals surface area contributed by atoms with Crippen molar-refractivity contribution in [2.75, 3.05) is 29.9 Å². The summed E-state index contributed by atoms with van der Waals surface area (Å²) in [5.74, 6) is 0.0814. The van der Waals surface area contributed by atoms with Crippen LogP contribution in [-0.2, 0) is 23.1 Å². The molecule has 2 aliphatic heterocycles. The Hall–Kier alpha value is -2.38. The van der Waals surface area contributed by atoms with E-state index in [1.54, 1.807) is 4.68 Å². The normalized spacial score (nSPS) is 21.0. The molecule has 1 saturated heterocycles. The second kappa shape index (κ2) is 8.32. The lowest BCUT2D eigenvalue weighted by Crippen LogP contribution is -2.42. The van der Waals surface area contributed by atoms with Crippen LogP contribution >= 0.6 is 12.4 Å². The number of carbonyl (C=O) groups excluding carboxylic acids is 2. The van der Waals surface area contributed by atoms with Gasteiger partial charge in [0.2, 0.25) is 11.8 Å². The van der Waals surface area contributed by atoms with Gasteiger partial charge in [-0.15, -0.1) is 12.4 Å². The van der Waals surface area contributed by atoms with E-state index in [9.17, 15) is 9.59 Å². The summed E-state index contributed by atoms with van der Waals surface area (Å²) in [6, 6.07) is 5.80. The van der Waals surface area contributed by atoms with Crippen LogP contribution in [0.2, 0.25) is 0 Å². The lowest BCUT2D eigenvalue weighted by Gasteiger charge is -2.33. The highest BCUT2D eigenvalue weighted by molar-refractivity contribution is 5.99. The van der Waals surface area contributed by atoms with E-state index in [1.807, 2.05) is 42.5 Å². The fourth-order valence-electron chi connectivity index (χ4n) is 4.28. The Morgan fingerprint density at radius 3 is 2.82 bits per heavy atom. The molecule has 2 aromatic rings. The van der Waals surface area contributed by atoms with Gasteiger partial charge in [0.15, 0.2) is 0 Å². The number of hydrogen-bond acceptors (Lipinski definition) is 4. The second-order valence-electron chi connectivity index (χ2n) is 7.40. The Morgan fingerprint density at radius 1 is 1.29 bits per heavy atom. The number of hydrogen-bond donors (Lipinski definition) is 2. The van der Waals surface area contributed by atoms with Gasteiger partial charge in [-0.1, -0.05) is 6.07 Å². The number of fused-ring (bicyclic) bond motifs is 1. The topological polar surface area (TPSA) is 79.3 Å². The van der Waals surface area contributed by atoms with Gasteiger partial charge in [-0.25, -0.2) is 0 Å². The molecule has 7 nitrogen and oxygen atoms in total. The summed E-state index contributed by atoms with van der Waals surface area (Å²) < 4.78 is 1.78. The molecule has 28 heavy (non-hydrogen) atoms. The van der Waals surface area contributed by atoms with Gasteiger partial charge in [0, 0.05) is 57.1 Å². The monoisotopic (exact) mass is 403 g/mol. The number of rotatable bonds is 3. The first-order chi connectivity index (χ1) is 13.0. The molecule has 4 rings (SSSR count). The molecule has 0 saturated carbocycles. The molecule has 2 aliphatic rings. The first kappa shape index (κ1) is 20.4. The predicted octanol–water partition coefficient (Wildman–Crippen LogP) is 2.08. The number of halogens is 1. The Labute approximate surface area is 170 Å². The van der Waals surface area contributed by atoms with E-state index in [2.05, 4.69) is 15.7 Å². The number of nitrogens with one attached hydrogen (secondary N) is 2. The molecule has 1 fully saturated rings. The number of amides is 2. The van der Waals surface area contributed by atoms with Crippen molar-refractivity contribution in [1.29, 1.82) is 0 Å². The Bertz CT molecular complexity index is 881. The molecule has 0 spiro atoms. The van der Waals surface area contributed by atoms with Crippen LogP contribution in [0.4, 0.5) is 11.4 Å². The van der Waals surface area contributed by atoms with E-state index in [0.717, 1.165) is 41.9 Å². The molecule has 0 aliphatic carbocycles. The zero-order chi connectivity index (χ0) is 19.0. The van der Waals surface area contributed by atoms with Crippen molar-refractivity contribution in [3.05, 3.63) is 41.7 Å². The van der Waals surface area contributed by atoms with Crippen molar-refractivity contribution >= 4 is 35.6 Å². The minimum Gasteiger partial charge on any atom is -0.326 e. The molecule has 8 heteroatoms. The van der Waals surface area contributed by atoms with Gasteiger partial charge in [0.25, 0.3) is 0 Å². The summed E-state index contributed by atoms with van der Waals surface area (Å²) in [5.41, 5.74) is 3.89. The van der Waals surface area contributed by atoms with Crippen LogP contribution in [0, 0.1) is 5.92 Å². The molecule has 0 radical (unpaired) electrons. The SMILES string of the molecule is CC(=O)Nc1cccc2c1CCCN2C(=O)[C@H]1CNC[C@@H]1c1cnn(C)c1.Cl. The number of benzene rings is 1. The molecule has 150 valence electrons. The average molecular weight is 404 g/mol. The van der Waals surface area contributed by atoms with Crippen molar-refractivity contribution in [2.45, 2.75) is 25.7 Å². The van der Waals surface area contributed by atoms with E-state index in [1.165, 1.54) is 6.92 Å². The fourth-order valence-corrected chi connectivity index (χ4v) is 4.28. The van der Waals surface area contributed by atoms with Crippen LogP contribution in [-0.4, -0.2) is 41.2 Å². The molecule has 1 aromatic heterocycles. The second-order valence-corrected chi connectivity index (χ2v) is 7.40. The minimum absolute atomic E-state index is 0. The predicted molar refractivity (Wildman–Crippen MR) is 111 cm³/mol. The van der Waals surface area contributed by atoms with Crippen LogP contribution in [0.3, 0.4) is 0 Å². The van der Waals surface area contributed by atoms with Crippen molar-refractivity contribution in [2.24, 2.45) is 13.0 Å². The van der Waals surface area contributed by atoms with E-state index in [0.29, 0.717) is 13.1 Å². The summed E-state index contributed by atoms with van der Waals surface area (Å²) in [4.78, 5) is 26.9. The van der Waals surface area contributed by atoms with E-state index >= 15 is 0 Å². The smallest absolute Gasteiger partial charge is 0.232 e. The molecule has 1 aromatic carbocycles. The van der Waals surface area contributed by atoms with Crippen LogP contribution < -0.4 is 15.5 Å². The van der Waals surface area contributed by atoms with Crippen molar-refractivity contribution in [3.63, 3.8) is 0 Å².